The third-order valence-corrected chi connectivity index (χ3v) is 5.41. The average Bonchev–Trinajstić information content (AvgIpc) is 2.84. The highest BCUT2D eigenvalue weighted by Gasteiger charge is 2.06. The first kappa shape index (κ1) is 17.9. The minimum Gasteiger partial charge on any atom is -0.357 e. The highest BCUT2D eigenvalue weighted by Crippen LogP contribution is 2.10. The van der Waals surface area contributed by atoms with E-state index >= 15 is 0 Å². The fraction of sp³-hybridized carbons (Fsp3) is 0.692. The summed E-state index contributed by atoms with van der Waals surface area (Å²) in [6.45, 7) is 7.40. The molecule has 1 aromatic heterocycles. The predicted molar refractivity (Wildman–Crippen MR) is 88.9 cm³/mol. The second kappa shape index (κ2) is 8.99. The number of aliphatic imine (C=N–C) groups is 1. The third kappa shape index (κ3) is 7.42. The van der Waals surface area contributed by atoms with E-state index in [9.17, 15) is 8.42 Å². The van der Waals surface area contributed by atoms with Gasteiger partial charge in [-0.15, -0.1) is 11.3 Å². The van der Waals surface area contributed by atoms with Gasteiger partial charge in [-0.25, -0.2) is 13.4 Å². The Balaban J connectivity index is 2.41. The summed E-state index contributed by atoms with van der Waals surface area (Å²) in [6.07, 6.45) is 2.70. The maximum absolute atomic E-state index is 11.4. The van der Waals surface area contributed by atoms with Gasteiger partial charge in [0.1, 0.15) is 0 Å². The van der Waals surface area contributed by atoms with Crippen LogP contribution in [-0.4, -0.2) is 50.5 Å². The molecule has 0 aliphatic heterocycles. The molecule has 120 valence electrons. The van der Waals surface area contributed by atoms with Crippen LogP contribution >= 0.6 is 11.3 Å². The molecule has 1 aromatic rings. The van der Waals surface area contributed by atoms with Crippen LogP contribution in [0.15, 0.2) is 11.2 Å². The molecule has 0 aromatic carbocycles. The Morgan fingerprint density at radius 2 is 2.14 bits per heavy atom. The summed E-state index contributed by atoms with van der Waals surface area (Å²) in [4.78, 5) is 9.79. The molecule has 0 bridgehead atoms. The van der Waals surface area contributed by atoms with Crippen molar-refractivity contribution in [2.45, 2.75) is 27.2 Å². The summed E-state index contributed by atoms with van der Waals surface area (Å²) in [5, 5.41) is 7.39. The number of nitrogens with one attached hydrogen (secondary N) is 2. The molecule has 0 saturated carbocycles. The molecule has 8 heteroatoms. The lowest BCUT2D eigenvalue weighted by atomic mass is 10.4. The molecule has 1 heterocycles. The molecule has 0 unspecified atom stereocenters. The van der Waals surface area contributed by atoms with Crippen LogP contribution in [0.1, 0.15) is 23.7 Å². The Kier molecular flexibility index (Phi) is 7.66. The molecule has 21 heavy (non-hydrogen) atoms. The molecule has 2 N–H and O–H groups in total. The Morgan fingerprint density at radius 3 is 2.71 bits per heavy atom. The summed E-state index contributed by atoms with van der Waals surface area (Å²) < 4.78 is 22.8. The van der Waals surface area contributed by atoms with Gasteiger partial charge in [0.05, 0.1) is 17.3 Å². The Labute approximate surface area is 131 Å². The van der Waals surface area contributed by atoms with Crippen LogP contribution in [0, 0.1) is 6.92 Å². The Bertz CT molecular complexity index is 552. The van der Waals surface area contributed by atoms with Crippen molar-refractivity contribution in [1.29, 1.82) is 0 Å². The molecule has 0 aliphatic carbocycles. The van der Waals surface area contributed by atoms with Crippen molar-refractivity contribution in [3.8, 4) is 0 Å². The van der Waals surface area contributed by atoms with Crippen LogP contribution in [0.3, 0.4) is 0 Å². The number of aromatic nitrogens is 1. The normalized spacial score (nSPS) is 12.4. The van der Waals surface area contributed by atoms with Crippen molar-refractivity contribution in [1.82, 2.24) is 15.6 Å². The minimum atomic E-state index is -2.96. The number of hydrogen-bond donors (Lipinski definition) is 2. The van der Waals surface area contributed by atoms with Crippen molar-refractivity contribution < 1.29 is 8.42 Å². The van der Waals surface area contributed by atoms with Crippen molar-refractivity contribution in [2.24, 2.45) is 4.99 Å². The van der Waals surface area contributed by atoms with Crippen LogP contribution in [0.4, 0.5) is 0 Å². The lowest BCUT2D eigenvalue weighted by Gasteiger charge is -2.10. The second-order valence-corrected chi connectivity index (χ2v) is 8.33. The largest absolute Gasteiger partial charge is 0.357 e. The summed E-state index contributed by atoms with van der Waals surface area (Å²) in [6, 6.07) is 0. The highest BCUT2D eigenvalue weighted by atomic mass is 32.2. The van der Waals surface area contributed by atoms with Gasteiger partial charge in [-0.2, -0.15) is 0 Å². The smallest absolute Gasteiger partial charge is 0.191 e. The van der Waals surface area contributed by atoms with Gasteiger partial charge in [-0.3, -0.25) is 4.99 Å². The summed E-state index contributed by atoms with van der Waals surface area (Å²) in [5.74, 6) is 0.902. The molecule has 0 spiro atoms. The lowest BCUT2D eigenvalue weighted by molar-refractivity contribution is 0.597. The topological polar surface area (TPSA) is 83.5 Å². The number of sulfone groups is 1. The standard InChI is InChI=1S/C13H24N4O2S2/c1-4-14-13(16-8-9-21(18,19)5-2)15-7-6-12-17-10-11(3)20-12/h10H,4-9H2,1-3H3,(H2,14,15,16). The quantitative estimate of drug-likeness (QED) is 0.548. The van der Waals surface area contributed by atoms with Crippen molar-refractivity contribution >= 4 is 27.1 Å². The fourth-order valence-corrected chi connectivity index (χ4v) is 3.03. The van der Waals surface area contributed by atoms with Gasteiger partial charge in [-0.05, 0) is 13.8 Å². The van der Waals surface area contributed by atoms with E-state index in [1.54, 1.807) is 18.3 Å². The van der Waals surface area contributed by atoms with E-state index in [-0.39, 0.29) is 18.1 Å². The Hall–Kier alpha value is -1.15. The lowest BCUT2D eigenvalue weighted by Crippen LogP contribution is -2.38. The van der Waals surface area contributed by atoms with E-state index in [4.69, 9.17) is 0 Å². The molecule has 0 aliphatic rings. The summed E-state index contributed by atoms with van der Waals surface area (Å²) in [7, 11) is -2.96. The SMILES string of the molecule is CCNC(=NCCS(=O)(=O)CC)NCCc1ncc(C)s1. The van der Waals surface area contributed by atoms with Gasteiger partial charge < -0.3 is 10.6 Å². The number of thiazole rings is 1. The number of hydrogen-bond acceptors (Lipinski definition) is 5. The van der Waals surface area contributed by atoms with Crippen LogP contribution < -0.4 is 10.6 Å². The molecule has 0 saturated heterocycles. The first-order valence-electron chi connectivity index (χ1n) is 7.10. The van der Waals surface area contributed by atoms with Gasteiger partial charge in [0.2, 0.25) is 0 Å². The molecule has 6 nitrogen and oxygen atoms in total. The van der Waals surface area contributed by atoms with E-state index in [1.165, 1.54) is 4.88 Å². The van der Waals surface area contributed by atoms with Gasteiger partial charge in [0.15, 0.2) is 15.8 Å². The van der Waals surface area contributed by atoms with Crippen LogP contribution in [0.25, 0.3) is 0 Å². The van der Waals surface area contributed by atoms with Crippen LogP contribution in [0.2, 0.25) is 0 Å². The van der Waals surface area contributed by atoms with E-state index < -0.39 is 9.84 Å². The van der Waals surface area contributed by atoms with Gasteiger partial charge in [0.25, 0.3) is 0 Å². The maximum atomic E-state index is 11.4. The van der Waals surface area contributed by atoms with E-state index in [0.717, 1.165) is 24.5 Å². The number of nitrogens with zero attached hydrogens (tertiary/aromatic N) is 2. The fourth-order valence-electron chi connectivity index (χ4n) is 1.59. The van der Waals surface area contributed by atoms with Crippen LogP contribution in [-0.2, 0) is 16.3 Å². The second-order valence-electron chi connectivity index (χ2n) is 4.54. The number of guanidine groups is 1. The zero-order valence-electron chi connectivity index (χ0n) is 12.8. The average molecular weight is 332 g/mol. The van der Waals surface area contributed by atoms with E-state index in [0.29, 0.717) is 5.96 Å². The molecule has 0 amide bonds. The Morgan fingerprint density at radius 1 is 1.38 bits per heavy atom. The summed E-state index contributed by atoms with van der Waals surface area (Å²) >= 11 is 1.69. The van der Waals surface area contributed by atoms with E-state index in [2.05, 4.69) is 20.6 Å². The molecule has 0 atom stereocenters. The van der Waals surface area contributed by atoms with Crippen molar-refractivity contribution in [3.05, 3.63) is 16.1 Å². The van der Waals surface area contributed by atoms with Crippen molar-refractivity contribution in [3.63, 3.8) is 0 Å². The van der Waals surface area contributed by atoms with Gasteiger partial charge in [-0.1, -0.05) is 6.92 Å². The monoisotopic (exact) mass is 332 g/mol. The predicted octanol–water partition coefficient (Wildman–Crippen LogP) is 0.984. The number of rotatable bonds is 8. The first-order valence-corrected chi connectivity index (χ1v) is 9.74. The zero-order valence-corrected chi connectivity index (χ0v) is 14.5. The highest BCUT2D eigenvalue weighted by molar-refractivity contribution is 7.91. The van der Waals surface area contributed by atoms with Crippen molar-refractivity contribution in [2.75, 3.05) is 31.1 Å². The zero-order chi connectivity index (χ0) is 15.7. The summed E-state index contributed by atoms with van der Waals surface area (Å²) in [5.41, 5.74) is 0. The van der Waals surface area contributed by atoms with Gasteiger partial charge >= 0.3 is 0 Å². The molecular formula is C13H24N4O2S2. The van der Waals surface area contributed by atoms with Gasteiger partial charge in [0, 0.05) is 36.3 Å². The minimum absolute atomic E-state index is 0.0890. The number of aryl methyl sites for hydroxylation is 1. The maximum Gasteiger partial charge on any atom is 0.191 e. The molecular weight excluding hydrogens is 308 g/mol. The molecule has 0 radical (unpaired) electrons. The molecule has 1 rings (SSSR count). The van der Waals surface area contributed by atoms with E-state index in [1.807, 2.05) is 20.0 Å². The molecule has 0 fully saturated rings. The van der Waals surface area contributed by atoms with Crippen LogP contribution in [0.5, 0.6) is 0 Å². The third-order valence-electron chi connectivity index (χ3n) is 2.76. The first-order chi connectivity index (χ1) is 9.96.